The molecule has 1 spiro atoms. The van der Waals surface area contributed by atoms with E-state index in [1.165, 1.54) is 6.07 Å². The van der Waals surface area contributed by atoms with Gasteiger partial charge in [-0.15, -0.1) is 0 Å². The van der Waals surface area contributed by atoms with Crippen molar-refractivity contribution in [1.82, 2.24) is 19.8 Å². The molecule has 0 radical (unpaired) electrons. The average molecular weight is 636 g/mol. The number of hydrogen-bond acceptors (Lipinski definition) is 11. The van der Waals surface area contributed by atoms with Crippen LogP contribution in [0.2, 0.25) is 5.02 Å². The Hall–Kier alpha value is -2.45. The van der Waals surface area contributed by atoms with Gasteiger partial charge in [-0.3, -0.25) is 9.80 Å². The molecule has 0 aliphatic carbocycles. The van der Waals surface area contributed by atoms with Crippen molar-refractivity contribution in [2.75, 3.05) is 57.4 Å². The number of piperidine rings is 1. The average Bonchev–Trinajstić information content (AvgIpc) is 3.43. The lowest BCUT2D eigenvalue weighted by Gasteiger charge is -2.55. The highest BCUT2D eigenvalue weighted by Crippen LogP contribution is 2.42. The lowest BCUT2D eigenvalue weighted by Crippen LogP contribution is -2.69. The first kappa shape index (κ1) is 32.9. The van der Waals surface area contributed by atoms with Crippen LogP contribution in [0.25, 0.3) is 0 Å². The predicted octanol–water partition coefficient (Wildman–Crippen LogP) is 1.81. The van der Waals surface area contributed by atoms with Gasteiger partial charge >= 0.3 is 0 Å². The lowest BCUT2D eigenvalue weighted by molar-refractivity contribution is -0.125. The number of carbonyl (C=O) groups is 1. The summed E-state index contributed by atoms with van der Waals surface area (Å²) in [6.45, 7) is 3.51. The van der Waals surface area contributed by atoms with E-state index in [1.54, 1.807) is 24.5 Å². The van der Waals surface area contributed by atoms with Crippen molar-refractivity contribution in [2.24, 2.45) is 5.92 Å². The maximum absolute atomic E-state index is 15.2. The van der Waals surface area contributed by atoms with Crippen LogP contribution in [0.15, 0.2) is 30.6 Å². The van der Waals surface area contributed by atoms with Gasteiger partial charge in [0, 0.05) is 49.9 Å². The van der Waals surface area contributed by atoms with Gasteiger partial charge in [0.2, 0.25) is 5.95 Å². The van der Waals surface area contributed by atoms with E-state index < -0.39 is 36.8 Å². The maximum atomic E-state index is 15.2. The molecular weight excluding hydrogens is 593 g/mol. The van der Waals surface area contributed by atoms with E-state index in [2.05, 4.69) is 19.8 Å². The molecule has 4 atom stereocenters. The number of aldehydes is 1. The van der Waals surface area contributed by atoms with Gasteiger partial charge in [-0.1, -0.05) is 17.7 Å². The molecule has 0 amide bonds. The third-order valence-electron chi connectivity index (χ3n) is 9.46. The van der Waals surface area contributed by atoms with Crippen LogP contribution in [-0.2, 0) is 4.79 Å². The Morgan fingerprint density at radius 3 is 2.50 bits per heavy atom. The fraction of sp³-hybridized carbons (Fsp3) is 0.645. The molecule has 44 heavy (non-hydrogen) atoms. The van der Waals surface area contributed by atoms with Gasteiger partial charge in [-0.05, 0) is 57.1 Å². The minimum atomic E-state index is -1.46. The van der Waals surface area contributed by atoms with Gasteiger partial charge in [-0.25, -0.2) is 14.4 Å². The van der Waals surface area contributed by atoms with Crippen LogP contribution in [0.1, 0.15) is 50.1 Å². The molecule has 242 valence electrons. The number of ether oxygens (including phenoxy) is 1. The SMILES string of the molecule is O=CC(c1ccc(OCCCC2CCN(c3ncc(Cl)cn3)CC2)cc1F)N1CC2(CCCN2C[C@H](O)[C@H](O)[C@H](O)CO)C1. The molecule has 0 bridgehead atoms. The predicted molar refractivity (Wildman–Crippen MR) is 162 cm³/mol. The molecule has 5 rings (SSSR count). The van der Waals surface area contributed by atoms with Crippen molar-refractivity contribution in [3.63, 3.8) is 0 Å². The Bertz CT molecular complexity index is 1230. The van der Waals surface area contributed by atoms with E-state index >= 15 is 4.39 Å². The minimum absolute atomic E-state index is 0.135. The summed E-state index contributed by atoms with van der Waals surface area (Å²) in [6, 6.07) is 3.93. The molecule has 3 aliphatic rings. The molecule has 3 aliphatic heterocycles. The standard InChI is InChI=1S/C31H43ClFN5O6/c32-22-14-34-30(35-15-22)36-10-6-21(7-11-36)3-1-12-44-23-4-5-24(25(33)13-23)26(17-39)37-19-31(20-37)8-2-9-38(31)16-27(41)29(43)28(42)18-40/h4-5,13-15,17,21,26-29,40-43H,1-3,6-12,16,18-20H2/t26?,27-,28+,29-/m0/s1. The summed E-state index contributed by atoms with van der Waals surface area (Å²) < 4.78 is 21.1. The highest BCUT2D eigenvalue weighted by Gasteiger charge is 2.52. The van der Waals surface area contributed by atoms with E-state index in [9.17, 15) is 20.1 Å². The fourth-order valence-electron chi connectivity index (χ4n) is 6.89. The van der Waals surface area contributed by atoms with Crippen molar-refractivity contribution in [3.8, 4) is 5.75 Å². The lowest BCUT2D eigenvalue weighted by atomic mass is 9.84. The third kappa shape index (κ3) is 7.50. The van der Waals surface area contributed by atoms with Crippen molar-refractivity contribution in [2.45, 2.75) is 68.4 Å². The highest BCUT2D eigenvalue weighted by molar-refractivity contribution is 6.30. The molecule has 1 aromatic carbocycles. The first-order valence-electron chi connectivity index (χ1n) is 15.5. The van der Waals surface area contributed by atoms with Crippen LogP contribution in [0, 0.1) is 11.7 Å². The number of aromatic nitrogens is 2. The molecule has 3 saturated heterocycles. The molecule has 1 unspecified atom stereocenters. The summed E-state index contributed by atoms with van der Waals surface area (Å²) in [6.07, 6.45) is 5.61. The van der Waals surface area contributed by atoms with Crippen molar-refractivity contribution < 1.29 is 34.3 Å². The monoisotopic (exact) mass is 635 g/mol. The minimum Gasteiger partial charge on any atom is -0.493 e. The second kappa shape index (κ2) is 14.8. The van der Waals surface area contributed by atoms with Gasteiger partial charge in [0.1, 0.15) is 30.1 Å². The Kier molecular flexibility index (Phi) is 11.0. The zero-order chi connectivity index (χ0) is 31.3. The summed E-state index contributed by atoms with van der Waals surface area (Å²) in [5, 5.41) is 39.7. The largest absolute Gasteiger partial charge is 0.493 e. The number of anilines is 1. The number of benzene rings is 1. The summed E-state index contributed by atoms with van der Waals surface area (Å²) in [4.78, 5) is 26.9. The normalized spacial score (nSPS) is 22.0. The number of hydrogen-bond donors (Lipinski definition) is 4. The van der Waals surface area contributed by atoms with Gasteiger partial charge in [0.15, 0.2) is 0 Å². The summed E-state index contributed by atoms with van der Waals surface area (Å²) in [7, 11) is 0. The van der Waals surface area contributed by atoms with Crippen LogP contribution in [0.4, 0.5) is 10.3 Å². The quantitative estimate of drug-likeness (QED) is 0.178. The second-order valence-corrected chi connectivity index (χ2v) is 12.8. The number of aliphatic hydroxyl groups is 4. The van der Waals surface area contributed by atoms with Crippen LogP contribution in [-0.4, -0.2) is 123 Å². The summed E-state index contributed by atoms with van der Waals surface area (Å²) >= 11 is 5.89. The first-order chi connectivity index (χ1) is 21.2. The Morgan fingerprint density at radius 2 is 1.84 bits per heavy atom. The van der Waals surface area contributed by atoms with Crippen molar-refractivity contribution >= 4 is 23.8 Å². The zero-order valence-electron chi connectivity index (χ0n) is 24.8. The Labute approximate surface area is 262 Å². The van der Waals surface area contributed by atoms with Crippen molar-refractivity contribution in [3.05, 3.63) is 47.0 Å². The number of nitrogens with zero attached hydrogens (tertiary/aromatic N) is 5. The number of β-amino-alcohol motifs (C(OH)–C–C–N with tert-alkyl or cyclic N) is 1. The van der Waals surface area contributed by atoms with Crippen molar-refractivity contribution in [1.29, 1.82) is 0 Å². The third-order valence-corrected chi connectivity index (χ3v) is 9.66. The summed E-state index contributed by atoms with van der Waals surface area (Å²) in [5.74, 6) is 1.24. The molecular formula is C31H43ClFN5O6. The van der Waals surface area contributed by atoms with Gasteiger partial charge in [-0.2, -0.15) is 0 Å². The Morgan fingerprint density at radius 1 is 1.11 bits per heavy atom. The van der Waals surface area contributed by atoms with E-state index in [-0.39, 0.29) is 12.1 Å². The van der Waals surface area contributed by atoms with Crippen LogP contribution < -0.4 is 9.64 Å². The first-order valence-corrected chi connectivity index (χ1v) is 15.8. The van der Waals surface area contributed by atoms with Crippen LogP contribution in [0.5, 0.6) is 5.75 Å². The molecule has 11 nitrogen and oxygen atoms in total. The summed E-state index contributed by atoms with van der Waals surface area (Å²) in [5.41, 5.74) is 0.0102. The van der Waals surface area contributed by atoms with E-state index in [0.717, 1.165) is 57.9 Å². The molecule has 3 fully saturated rings. The van der Waals surface area contributed by atoms with Crippen LogP contribution in [0.3, 0.4) is 0 Å². The van der Waals surface area contributed by atoms with Gasteiger partial charge in [0.05, 0.1) is 42.8 Å². The number of halogens is 2. The zero-order valence-corrected chi connectivity index (χ0v) is 25.6. The number of carbonyl (C=O) groups excluding carboxylic acids is 1. The molecule has 4 heterocycles. The van der Waals surface area contributed by atoms with E-state index in [1.807, 2.05) is 4.90 Å². The molecule has 13 heteroatoms. The second-order valence-electron chi connectivity index (χ2n) is 12.4. The van der Waals surface area contributed by atoms with Gasteiger partial charge < -0.3 is 34.9 Å². The Balaban J connectivity index is 1.06. The topological polar surface area (TPSA) is 143 Å². The van der Waals surface area contributed by atoms with E-state index in [0.29, 0.717) is 54.4 Å². The fourth-order valence-corrected chi connectivity index (χ4v) is 6.99. The number of aliphatic hydroxyl groups excluding tert-OH is 4. The number of likely N-dealkylation sites (tertiary alicyclic amines) is 2. The van der Waals surface area contributed by atoms with E-state index in [4.69, 9.17) is 21.4 Å². The van der Waals surface area contributed by atoms with Gasteiger partial charge in [0.25, 0.3) is 0 Å². The molecule has 0 saturated carbocycles. The smallest absolute Gasteiger partial charge is 0.225 e. The number of rotatable bonds is 14. The molecule has 1 aromatic heterocycles. The molecule has 2 aromatic rings. The highest BCUT2D eigenvalue weighted by atomic mass is 35.5. The van der Waals surface area contributed by atoms with Crippen LogP contribution >= 0.6 is 11.6 Å². The maximum Gasteiger partial charge on any atom is 0.225 e. The molecule has 4 N–H and O–H groups in total.